The van der Waals surface area contributed by atoms with E-state index in [1.807, 2.05) is 23.5 Å². The Labute approximate surface area is 266 Å². The van der Waals surface area contributed by atoms with E-state index in [1.165, 1.54) is 42.0 Å². The van der Waals surface area contributed by atoms with Gasteiger partial charge in [0.05, 0.1) is 22.1 Å². The number of rotatable bonds is 2. The minimum absolute atomic E-state index is 0.872. The van der Waals surface area contributed by atoms with Crippen molar-refractivity contribution in [2.24, 2.45) is 0 Å². The lowest BCUT2D eigenvalue weighted by Crippen LogP contribution is -1.95. The minimum atomic E-state index is 0.872. The van der Waals surface area contributed by atoms with Crippen molar-refractivity contribution >= 4 is 97.2 Å². The second-order valence-corrected chi connectivity index (χ2v) is 13.1. The van der Waals surface area contributed by atoms with Gasteiger partial charge in [0.2, 0.25) is 0 Å². The topological polar surface area (TPSA) is 31.2 Å². The SMILES string of the molecule is c1ccc2c(c1)oc1cc(-c3cccc4oc5cccc(-n6c7ccccc7c7cc8sc9ccccc9c8cc76)c5c34)ccc12. The third-order valence-corrected chi connectivity index (χ3v) is 10.7. The highest BCUT2D eigenvalue weighted by Gasteiger charge is 2.21. The van der Waals surface area contributed by atoms with Gasteiger partial charge in [0.25, 0.3) is 0 Å². The smallest absolute Gasteiger partial charge is 0.137 e. The van der Waals surface area contributed by atoms with E-state index in [9.17, 15) is 0 Å². The monoisotopic (exact) mass is 605 g/mol. The first-order chi connectivity index (χ1) is 22.8. The molecule has 4 aromatic heterocycles. The van der Waals surface area contributed by atoms with Gasteiger partial charge in [0.1, 0.15) is 22.3 Å². The Morgan fingerprint density at radius 1 is 0.413 bits per heavy atom. The highest BCUT2D eigenvalue weighted by atomic mass is 32.1. The zero-order valence-electron chi connectivity index (χ0n) is 24.5. The molecule has 0 unspecified atom stereocenters. The molecule has 3 nitrogen and oxygen atoms in total. The molecule has 0 N–H and O–H groups in total. The van der Waals surface area contributed by atoms with Gasteiger partial charge in [-0.05, 0) is 71.8 Å². The van der Waals surface area contributed by atoms with Gasteiger partial charge >= 0.3 is 0 Å². The molecule has 4 heteroatoms. The van der Waals surface area contributed by atoms with E-state index in [0.29, 0.717) is 0 Å². The summed E-state index contributed by atoms with van der Waals surface area (Å²) in [5.74, 6) is 0. The summed E-state index contributed by atoms with van der Waals surface area (Å²) in [4.78, 5) is 0. The molecular weight excluding hydrogens is 583 g/mol. The average Bonchev–Trinajstić information content (AvgIpc) is 3.85. The maximum atomic E-state index is 6.59. The van der Waals surface area contributed by atoms with E-state index in [1.54, 1.807) is 0 Å². The van der Waals surface area contributed by atoms with Crippen molar-refractivity contribution < 1.29 is 8.83 Å². The van der Waals surface area contributed by atoms with Gasteiger partial charge in [0.15, 0.2) is 0 Å². The second-order valence-electron chi connectivity index (χ2n) is 12.1. The summed E-state index contributed by atoms with van der Waals surface area (Å²) in [6.07, 6.45) is 0. The summed E-state index contributed by atoms with van der Waals surface area (Å²) >= 11 is 1.87. The van der Waals surface area contributed by atoms with Crippen LogP contribution in [-0.2, 0) is 0 Å². The second kappa shape index (κ2) is 8.87. The van der Waals surface area contributed by atoms with Gasteiger partial charge in [-0.15, -0.1) is 11.3 Å². The number of hydrogen-bond acceptors (Lipinski definition) is 3. The van der Waals surface area contributed by atoms with E-state index in [2.05, 4.69) is 132 Å². The summed E-state index contributed by atoms with van der Waals surface area (Å²) < 4.78 is 18.0. The number of nitrogens with zero attached hydrogens (tertiary/aromatic N) is 1. The minimum Gasteiger partial charge on any atom is -0.456 e. The molecule has 0 saturated carbocycles. The normalized spacial score (nSPS) is 12.3. The molecule has 11 aromatic rings. The quantitative estimate of drug-likeness (QED) is 0.196. The van der Waals surface area contributed by atoms with Crippen molar-refractivity contribution in [2.75, 3.05) is 0 Å². The third kappa shape index (κ3) is 3.21. The summed E-state index contributed by atoms with van der Waals surface area (Å²) in [7, 11) is 0. The predicted octanol–water partition coefficient (Wildman–Crippen LogP) is 12.6. The number of benzene rings is 7. The van der Waals surface area contributed by atoms with Crippen LogP contribution in [0.2, 0.25) is 0 Å². The van der Waals surface area contributed by atoms with Crippen molar-refractivity contribution in [2.45, 2.75) is 0 Å². The van der Waals surface area contributed by atoms with Crippen molar-refractivity contribution in [3.05, 3.63) is 140 Å². The molecule has 0 aliphatic rings. The standard InChI is InChI=1S/C42H23NO2S/c1-4-13-32-26(9-1)30-23-40-31(29-11-3-6-18-39(29)46-40)22-34(30)43(32)33-14-8-17-37-42(33)41-25(12-7-16-36(41)45-37)24-19-20-28-27-10-2-5-15-35(27)44-38(28)21-24/h1-23H. The van der Waals surface area contributed by atoms with Crippen LogP contribution in [0.25, 0.3) is 103 Å². The molecule has 0 aliphatic carbocycles. The first-order valence-corrected chi connectivity index (χ1v) is 16.3. The van der Waals surface area contributed by atoms with Gasteiger partial charge in [-0.2, -0.15) is 0 Å². The molecule has 0 saturated heterocycles. The molecular formula is C42H23NO2S. The fourth-order valence-corrected chi connectivity index (χ4v) is 8.74. The first kappa shape index (κ1) is 24.5. The van der Waals surface area contributed by atoms with Crippen LogP contribution in [0.3, 0.4) is 0 Å². The van der Waals surface area contributed by atoms with Gasteiger partial charge in [-0.3, -0.25) is 0 Å². The molecule has 11 rings (SSSR count). The molecule has 7 aromatic carbocycles. The fourth-order valence-electron chi connectivity index (χ4n) is 7.62. The fraction of sp³-hybridized carbons (Fsp3) is 0. The maximum Gasteiger partial charge on any atom is 0.137 e. The number of thiophene rings is 1. The van der Waals surface area contributed by atoms with Crippen LogP contribution < -0.4 is 0 Å². The van der Waals surface area contributed by atoms with Crippen LogP contribution in [0, 0.1) is 0 Å². The van der Waals surface area contributed by atoms with Gasteiger partial charge < -0.3 is 13.4 Å². The maximum absolute atomic E-state index is 6.59. The molecule has 214 valence electrons. The zero-order chi connectivity index (χ0) is 29.9. The van der Waals surface area contributed by atoms with E-state index in [4.69, 9.17) is 8.83 Å². The lowest BCUT2D eigenvalue weighted by atomic mass is 9.97. The highest BCUT2D eigenvalue weighted by molar-refractivity contribution is 7.25. The van der Waals surface area contributed by atoms with Gasteiger partial charge in [0, 0.05) is 47.1 Å². The van der Waals surface area contributed by atoms with E-state index in [-0.39, 0.29) is 0 Å². The molecule has 0 aliphatic heterocycles. The van der Waals surface area contributed by atoms with Crippen LogP contribution in [0.4, 0.5) is 0 Å². The first-order valence-electron chi connectivity index (χ1n) is 15.5. The van der Waals surface area contributed by atoms with Crippen molar-refractivity contribution in [3.63, 3.8) is 0 Å². The lowest BCUT2D eigenvalue weighted by Gasteiger charge is -2.11. The van der Waals surface area contributed by atoms with Crippen LogP contribution in [0.1, 0.15) is 0 Å². The molecule has 0 atom stereocenters. The van der Waals surface area contributed by atoms with Crippen LogP contribution in [0.15, 0.2) is 148 Å². The molecule has 0 radical (unpaired) electrons. The summed E-state index contributed by atoms with van der Waals surface area (Å²) in [6, 6.07) is 49.8. The van der Waals surface area contributed by atoms with E-state index < -0.39 is 0 Å². The van der Waals surface area contributed by atoms with Gasteiger partial charge in [-0.1, -0.05) is 78.9 Å². The Morgan fingerprint density at radius 3 is 2.07 bits per heavy atom. The molecule has 0 bridgehead atoms. The van der Waals surface area contributed by atoms with Crippen molar-refractivity contribution in [1.82, 2.24) is 4.57 Å². The van der Waals surface area contributed by atoms with Gasteiger partial charge in [-0.25, -0.2) is 0 Å². The molecule has 46 heavy (non-hydrogen) atoms. The van der Waals surface area contributed by atoms with Crippen LogP contribution >= 0.6 is 11.3 Å². The van der Waals surface area contributed by atoms with Crippen molar-refractivity contribution in [1.29, 1.82) is 0 Å². The van der Waals surface area contributed by atoms with Crippen LogP contribution in [-0.4, -0.2) is 4.57 Å². The zero-order valence-corrected chi connectivity index (χ0v) is 25.3. The number of para-hydroxylation sites is 2. The average molecular weight is 606 g/mol. The highest BCUT2D eigenvalue weighted by Crippen LogP contribution is 2.45. The summed E-state index contributed by atoms with van der Waals surface area (Å²) in [6.45, 7) is 0. The molecule has 0 amide bonds. The Hall–Kier alpha value is -5.84. The Bertz CT molecular complexity index is 3040. The molecule has 0 fully saturated rings. The Balaban J connectivity index is 1.25. The summed E-state index contributed by atoms with van der Waals surface area (Å²) in [5.41, 5.74) is 9.25. The van der Waals surface area contributed by atoms with Crippen LogP contribution in [0.5, 0.6) is 0 Å². The van der Waals surface area contributed by atoms with E-state index in [0.717, 1.165) is 60.7 Å². The third-order valence-electron chi connectivity index (χ3n) is 9.60. The molecule has 0 spiro atoms. The Morgan fingerprint density at radius 2 is 1.13 bits per heavy atom. The predicted molar refractivity (Wildman–Crippen MR) is 194 cm³/mol. The number of hydrogen-bond donors (Lipinski definition) is 0. The number of aromatic nitrogens is 1. The lowest BCUT2D eigenvalue weighted by molar-refractivity contribution is 0.668. The number of furan rings is 2. The Kier molecular flexibility index (Phi) is 4.72. The number of fused-ring (bicyclic) bond motifs is 12. The molecule has 4 heterocycles. The van der Waals surface area contributed by atoms with E-state index >= 15 is 0 Å². The van der Waals surface area contributed by atoms with Crippen molar-refractivity contribution in [3.8, 4) is 16.8 Å². The largest absolute Gasteiger partial charge is 0.456 e. The summed E-state index contributed by atoms with van der Waals surface area (Å²) in [5, 5.41) is 9.58.